The summed E-state index contributed by atoms with van der Waals surface area (Å²) in [5.74, 6) is -1.04. The predicted molar refractivity (Wildman–Crippen MR) is 100 cm³/mol. The first kappa shape index (κ1) is 17.9. The molecule has 7 nitrogen and oxygen atoms in total. The second-order valence-corrected chi connectivity index (χ2v) is 5.45. The zero-order valence-corrected chi connectivity index (χ0v) is 14.3. The van der Waals surface area contributed by atoms with E-state index in [0.29, 0.717) is 16.9 Å². The lowest BCUT2D eigenvalue weighted by molar-refractivity contribution is -0.119. The molecule has 3 aromatic rings. The summed E-state index contributed by atoms with van der Waals surface area (Å²) in [6.45, 7) is -0.386. The lowest BCUT2D eigenvalue weighted by atomic mass is 10.3. The minimum Gasteiger partial charge on any atom is -0.452 e. The molecule has 7 heteroatoms. The van der Waals surface area contributed by atoms with Crippen LogP contribution in [0.1, 0.15) is 10.4 Å². The molecule has 134 valence electrons. The third-order valence-corrected chi connectivity index (χ3v) is 3.42. The SMILES string of the molecule is O=C(COC(=O)c1cccnc1)Nc1ccc(N=Nc2ccccc2)cc1. The lowest BCUT2D eigenvalue weighted by Gasteiger charge is -2.06. The molecule has 2 aromatic carbocycles. The molecule has 0 fully saturated rings. The summed E-state index contributed by atoms with van der Waals surface area (Å²) in [6, 6.07) is 19.4. The molecule has 1 N–H and O–H groups in total. The summed E-state index contributed by atoms with van der Waals surface area (Å²) in [7, 11) is 0. The molecule has 1 amide bonds. The molecule has 0 aliphatic rings. The smallest absolute Gasteiger partial charge is 0.340 e. The van der Waals surface area contributed by atoms with Crippen molar-refractivity contribution in [1.82, 2.24) is 4.98 Å². The van der Waals surface area contributed by atoms with Gasteiger partial charge in [0.2, 0.25) is 0 Å². The van der Waals surface area contributed by atoms with Gasteiger partial charge in [0.1, 0.15) is 0 Å². The van der Waals surface area contributed by atoms with Crippen LogP contribution in [0, 0.1) is 0 Å². The number of carbonyl (C=O) groups is 2. The largest absolute Gasteiger partial charge is 0.452 e. The Morgan fingerprint density at radius 2 is 1.59 bits per heavy atom. The van der Waals surface area contributed by atoms with E-state index >= 15 is 0 Å². The Morgan fingerprint density at radius 1 is 0.889 bits per heavy atom. The van der Waals surface area contributed by atoms with Crippen LogP contribution < -0.4 is 5.32 Å². The molecule has 0 aliphatic heterocycles. The molecule has 3 rings (SSSR count). The van der Waals surface area contributed by atoms with E-state index in [4.69, 9.17) is 4.74 Å². The number of hydrogen-bond acceptors (Lipinski definition) is 6. The first-order valence-corrected chi connectivity index (χ1v) is 8.14. The van der Waals surface area contributed by atoms with Crippen molar-refractivity contribution < 1.29 is 14.3 Å². The van der Waals surface area contributed by atoms with Crippen molar-refractivity contribution in [3.63, 3.8) is 0 Å². The Kier molecular flexibility index (Phi) is 5.98. The summed E-state index contributed by atoms with van der Waals surface area (Å²) in [5, 5.41) is 10.9. The van der Waals surface area contributed by atoms with Crippen LogP contribution in [-0.4, -0.2) is 23.5 Å². The van der Waals surface area contributed by atoms with Crippen LogP contribution in [0.4, 0.5) is 17.1 Å². The Morgan fingerprint density at radius 3 is 2.26 bits per heavy atom. The number of hydrogen-bond donors (Lipinski definition) is 1. The van der Waals surface area contributed by atoms with Crippen molar-refractivity contribution in [2.24, 2.45) is 10.2 Å². The monoisotopic (exact) mass is 360 g/mol. The number of amides is 1. The molecule has 0 aliphatic carbocycles. The van der Waals surface area contributed by atoms with Gasteiger partial charge in [-0.1, -0.05) is 18.2 Å². The van der Waals surface area contributed by atoms with Gasteiger partial charge in [-0.05, 0) is 48.5 Å². The number of rotatable bonds is 6. The summed E-state index contributed by atoms with van der Waals surface area (Å²) in [6.07, 6.45) is 2.93. The summed E-state index contributed by atoms with van der Waals surface area (Å²) >= 11 is 0. The Bertz CT molecular complexity index is 926. The molecule has 0 bridgehead atoms. The fourth-order valence-corrected chi connectivity index (χ4v) is 2.12. The number of carbonyl (C=O) groups excluding carboxylic acids is 2. The number of esters is 1. The molecular formula is C20H16N4O3. The molecule has 0 saturated carbocycles. The third-order valence-electron chi connectivity index (χ3n) is 3.42. The van der Waals surface area contributed by atoms with Gasteiger partial charge in [-0.25, -0.2) is 4.79 Å². The Labute approximate surface area is 155 Å². The zero-order valence-electron chi connectivity index (χ0n) is 14.3. The maximum atomic E-state index is 11.9. The zero-order chi connectivity index (χ0) is 18.9. The molecular weight excluding hydrogens is 344 g/mol. The molecule has 0 saturated heterocycles. The second-order valence-electron chi connectivity index (χ2n) is 5.45. The van der Waals surface area contributed by atoms with Crippen LogP contribution in [0.5, 0.6) is 0 Å². The molecule has 0 atom stereocenters. The van der Waals surface area contributed by atoms with Gasteiger partial charge in [-0.3, -0.25) is 9.78 Å². The number of ether oxygens (including phenoxy) is 1. The lowest BCUT2D eigenvalue weighted by Crippen LogP contribution is -2.20. The summed E-state index contributed by atoms with van der Waals surface area (Å²) < 4.78 is 4.95. The van der Waals surface area contributed by atoms with Gasteiger partial charge < -0.3 is 10.1 Å². The van der Waals surface area contributed by atoms with Crippen LogP contribution in [0.25, 0.3) is 0 Å². The Balaban J connectivity index is 1.50. The maximum Gasteiger partial charge on any atom is 0.340 e. The van der Waals surface area contributed by atoms with Gasteiger partial charge in [0.25, 0.3) is 5.91 Å². The highest BCUT2D eigenvalue weighted by molar-refractivity contribution is 5.95. The topological polar surface area (TPSA) is 93.0 Å². The molecule has 0 spiro atoms. The Hall–Kier alpha value is -3.87. The molecule has 0 radical (unpaired) electrons. The number of benzene rings is 2. The minimum absolute atomic E-state index is 0.290. The van der Waals surface area contributed by atoms with Gasteiger partial charge in [-0.2, -0.15) is 10.2 Å². The van der Waals surface area contributed by atoms with Gasteiger partial charge in [0.15, 0.2) is 6.61 Å². The van der Waals surface area contributed by atoms with Crippen LogP contribution >= 0.6 is 0 Å². The fourth-order valence-electron chi connectivity index (χ4n) is 2.12. The summed E-state index contributed by atoms with van der Waals surface area (Å²) in [4.78, 5) is 27.5. The predicted octanol–water partition coefficient (Wildman–Crippen LogP) is 4.29. The van der Waals surface area contributed by atoms with Crippen LogP contribution in [0.3, 0.4) is 0 Å². The second kappa shape index (κ2) is 9.00. The minimum atomic E-state index is -0.602. The van der Waals surface area contributed by atoms with Crippen molar-refractivity contribution >= 4 is 28.9 Å². The highest BCUT2D eigenvalue weighted by atomic mass is 16.5. The molecule has 1 aromatic heterocycles. The van der Waals surface area contributed by atoms with E-state index in [-0.39, 0.29) is 6.61 Å². The average Bonchev–Trinajstić information content (AvgIpc) is 2.73. The number of nitrogens with zero attached hydrogens (tertiary/aromatic N) is 3. The fraction of sp³-hybridized carbons (Fsp3) is 0.0500. The number of anilines is 1. The van der Waals surface area contributed by atoms with E-state index < -0.39 is 11.9 Å². The van der Waals surface area contributed by atoms with Crippen LogP contribution in [0.2, 0.25) is 0 Å². The number of aromatic nitrogens is 1. The van der Waals surface area contributed by atoms with Crippen molar-refractivity contribution in [2.45, 2.75) is 0 Å². The van der Waals surface area contributed by atoms with Gasteiger partial charge >= 0.3 is 5.97 Å². The van der Waals surface area contributed by atoms with Gasteiger partial charge in [0, 0.05) is 18.1 Å². The van der Waals surface area contributed by atoms with Gasteiger partial charge in [-0.15, -0.1) is 0 Å². The molecule has 1 heterocycles. The highest BCUT2D eigenvalue weighted by Crippen LogP contribution is 2.20. The van der Waals surface area contributed by atoms with Crippen molar-refractivity contribution in [3.8, 4) is 0 Å². The standard InChI is InChI=1S/C20H16N4O3/c25-19(14-27-20(26)15-5-4-12-21-13-15)22-16-8-10-18(11-9-16)24-23-17-6-2-1-3-7-17/h1-13H,14H2,(H,22,25). The molecule has 27 heavy (non-hydrogen) atoms. The van der Waals surface area contributed by atoms with Crippen molar-refractivity contribution in [1.29, 1.82) is 0 Å². The van der Waals surface area contributed by atoms with E-state index in [1.807, 2.05) is 30.3 Å². The first-order chi connectivity index (χ1) is 13.2. The first-order valence-electron chi connectivity index (χ1n) is 8.14. The van der Waals surface area contributed by atoms with Crippen molar-refractivity contribution in [2.75, 3.05) is 11.9 Å². The number of azo groups is 1. The summed E-state index contributed by atoms with van der Waals surface area (Å²) in [5.41, 5.74) is 2.26. The van der Waals surface area contributed by atoms with E-state index in [2.05, 4.69) is 20.5 Å². The number of pyridine rings is 1. The van der Waals surface area contributed by atoms with Gasteiger partial charge in [0.05, 0.1) is 16.9 Å². The third kappa shape index (κ3) is 5.57. The maximum absolute atomic E-state index is 11.9. The van der Waals surface area contributed by atoms with E-state index in [1.165, 1.54) is 6.20 Å². The highest BCUT2D eigenvalue weighted by Gasteiger charge is 2.10. The van der Waals surface area contributed by atoms with Crippen LogP contribution in [-0.2, 0) is 9.53 Å². The number of nitrogens with one attached hydrogen (secondary N) is 1. The van der Waals surface area contributed by atoms with Crippen molar-refractivity contribution in [3.05, 3.63) is 84.7 Å². The normalized spacial score (nSPS) is 10.5. The quantitative estimate of drug-likeness (QED) is 0.524. The average molecular weight is 360 g/mol. The van der Waals surface area contributed by atoms with Crippen LogP contribution in [0.15, 0.2) is 89.4 Å². The van der Waals surface area contributed by atoms with E-state index in [9.17, 15) is 9.59 Å². The van der Waals surface area contributed by atoms with E-state index in [1.54, 1.807) is 42.6 Å². The van der Waals surface area contributed by atoms with E-state index in [0.717, 1.165) is 5.69 Å². The molecule has 0 unspecified atom stereocenters.